The molecule has 0 unspecified atom stereocenters. The summed E-state index contributed by atoms with van der Waals surface area (Å²) < 4.78 is 4.47. The van der Waals surface area contributed by atoms with E-state index in [0.29, 0.717) is 22.5 Å². The van der Waals surface area contributed by atoms with Crippen LogP contribution in [0.2, 0.25) is 4.34 Å². The molecule has 1 aromatic heterocycles. The number of hydrogen-bond acceptors (Lipinski definition) is 5. The van der Waals surface area contributed by atoms with Gasteiger partial charge in [0.15, 0.2) is 0 Å². The summed E-state index contributed by atoms with van der Waals surface area (Å²) in [6, 6.07) is 8.10. The highest BCUT2D eigenvalue weighted by Gasteiger charge is 2.23. The van der Waals surface area contributed by atoms with Gasteiger partial charge in [0.05, 0.1) is 0 Å². The molecule has 7 heteroatoms. The number of aromatic nitrogens is 2. The van der Waals surface area contributed by atoms with Crippen molar-refractivity contribution < 1.29 is 4.79 Å². The van der Waals surface area contributed by atoms with Crippen molar-refractivity contribution in [1.82, 2.24) is 19.8 Å². The second kappa shape index (κ2) is 6.73. The van der Waals surface area contributed by atoms with Crippen molar-refractivity contribution >= 4 is 29.0 Å². The molecule has 3 rings (SSSR count). The molecule has 0 saturated heterocycles. The van der Waals surface area contributed by atoms with Gasteiger partial charge in [0.2, 0.25) is 0 Å². The van der Waals surface area contributed by atoms with E-state index in [1.54, 1.807) is 0 Å². The third-order valence-electron chi connectivity index (χ3n) is 3.51. The van der Waals surface area contributed by atoms with E-state index in [-0.39, 0.29) is 5.91 Å². The van der Waals surface area contributed by atoms with E-state index in [1.807, 2.05) is 31.3 Å². The molecular weight excluding hydrogens is 320 g/mol. The zero-order chi connectivity index (χ0) is 15.5. The molecule has 1 amide bonds. The predicted octanol–water partition coefficient (Wildman–Crippen LogP) is 2.72. The molecule has 1 aliphatic rings. The summed E-state index contributed by atoms with van der Waals surface area (Å²) in [6.45, 7) is 1.41. The Balaban J connectivity index is 1.55. The van der Waals surface area contributed by atoms with Crippen LogP contribution in [0.25, 0.3) is 0 Å². The Labute approximate surface area is 138 Å². The maximum absolute atomic E-state index is 11.9. The molecule has 0 radical (unpaired) electrons. The Morgan fingerprint density at radius 2 is 2.09 bits per heavy atom. The molecule has 1 N–H and O–H groups in total. The molecule has 2 aromatic rings. The standard InChI is InChI=1S/C15H17ClN4OS/c1-20(9-13-14(16)22-19-18-13)8-10-2-4-11(5-3-10)15(21)17-12-6-7-12/h2-5,12H,6-9H2,1H3,(H,17,21). The molecule has 116 valence electrons. The average molecular weight is 337 g/mol. The average Bonchev–Trinajstić information content (AvgIpc) is 3.22. The maximum atomic E-state index is 11.9. The smallest absolute Gasteiger partial charge is 0.251 e. The number of nitrogens with one attached hydrogen (secondary N) is 1. The molecule has 1 aromatic carbocycles. The molecule has 22 heavy (non-hydrogen) atoms. The lowest BCUT2D eigenvalue weighted by Gasteiger charge is -2.15. The molecule has 5 nitrogen and oxygen atoms in total. The van der Waals surface area contributed by atoms with Crippen molar-refractivity contribution in [2.75, 3.05) is 7.05 Å². The highest BCUT2D eigenvalue weighted by molar-refractivity contribution is 7.10. The fourth-order valence-electron chi connectivity index (χ4n) is 2.17. The lowest BCUT2D eigenvalue weighted by Crippen LogP contribution is -2.25. The molecule has 1 saturated carbocycles. The predicted molar refractivity (Wildman–Crippen MR) is 87.0 cm³/mol. The lowest BCUT2D eigenvalue weighted by atomic mass is 10.1. The second-order valence-electron chi connectivity index (χ2n) is 5.61. The number of nitrogens with zero attached hydrogens (tertiary/aromatic N) is 3. The quantitative estimate of drug-likeness (QED) is 0.881. The van der Waals surface area contributed by atoms with Crippen molar-refractivity contribution in [2.45, 2.75) is 32.0 Å². The summed E-state index contributed by atoms with van der Waals surface area (Å²) in [5.41, 5.74) is 2.66. The van der Waals surface area contributed by atoms with Gasteiger partial charge in [-0.3, -0.25) is 9.69 Å². The van der Waals surface area contributed by atoms with E-state index < -0.39 is 0 Å². The van der Waals surface area contributed by atoms with Crippen LogP contribution in [0.5, 0.6) is 0 Å². The van der Waals surface area contributed by atoms with Gasteiger partial charge in [0, 0.05) is 36.2 Å². The van der Waals surface area contributed by atoms with Gasteiger partial charge < -0.3 is 5.32 Å². The van der Waals surface area contributed by atoms with Crippen LogP contribution in [0.15, 0.2) is 24.3 Å². The van der Waals surface area contributed by atoms with E-state index in [1.165, 1.54) is 11.5 Å². The SMILES string of the molecule is CN(Cc1ccc(C(=O)NC2CC2)cc1)Cc1nnsc1Cl. The van der Waals surface area contributed by atoms with E-state index in [2.05, 4.69) is 19.8 Å². The van der Waals surface area contributed by atoms with Crippen molar-refractivity contribution in [3.8, 4) is 0 Å². The van der Waals surface area contributed by atoms with Crippen LogP contribution in [0.3, 0.4) is 0 Å². The molecule has 0 aliphatic heterocycles. The molecule has 0 spiro atoms. The second-order valence-corrected chi connectivity index (χ2v) is 6.97. The van der Waals surface area contributed by atoms with Crippen LogP contribution in [0, 0.1) is 0 Å². The third-order valence-corrected chi connectivity index (χ3v) is 4.49. The number of benzene rings is 1. The summed E-state index contributed by atoms with van der Waals surface area (Å²) >= 11 is 7.21. The fraction of sp³-hybridized carbons (Fsp3) is 0.400. The molecule has 1 heterocycles. The van der Waals surface area contributed by atoms with E-state index in [9.17, 15) is 4.79 Å². The van der Waals surface area contributed by atoms with Crippen molar-refractivity contribution in [3.05, 3.63) is 45.4 Å². The third kappa shape index (κ3) is 4.03. The first-order valence-corrected chi connectivity index (χ1v) is 8.32. The maximum Gasteiger partial charge on any atom is 0.251 e. The summed E-state index contributed by atoms with van der Waals surface area (Å²) in [6.07, 6.45) is 2.20. The van der Waals surface area contributed by atoms with Crippen molar-refractivity contribution in [1.29, 1.82) is 0 Å². The van der Waals surface area contributed by atoms with Crippen LogP contribution in [0.4, 0.5) is 0 Å². The summed E-state index contributed by atoms with van der Waals surface area (Å²) in [5.74, 6) is 0.0164. The molecule has 1 fully saturated rings. The van der Waals surface area contributed by atoms with Gasteiger partial charge in [-0.25, -0.2) is 0 Å². The van der Waals surface area contributed by atoms with Crippen LogP contribution in [-0.4, -0.2) is 33.5 Å². The minimum atomic E-state index is 0.0164. The Hall–Kier alpha value is -1.50. The highest BCUT2D eigenvalue weighted by atomic mass is 35.5. The Bertz CT molecular complexity index is 654. The Morgan fingerprint density at radius 3 is 2.68 bits per heavy atom. The summed E-state index contributed by atoms with van der Waals surface area (Å²) in [4.78, 5) is 14.0. The Kier molecular flexibility index (Phi) is 4.71. The molecular formula is C15H17ClN4OS. The topological polar surface area (TPSA) is 58.1 Å². The number of amides is 1. The van der Waals surface area contributed by atoms with Gasteiger partial charge in [-0.2, -0.15) is 0 Å². The molecule has 0 atom stereocenters. The van der Waals surface area contributed by atoms with E-state index in [0.717, 1.165) is 30.6 Å². The number of hydrogen-bond donors (Lipinski definition) is 1. The first-order chi connectivity index (χ1) is 10.6. The molecule has 0 bridgehead atoms. The normalized spacial score (nSPS) is 14.3. The zero-order valence-electron chi connectivity index (χ0n) is 12.3. The number of carbonyl (C=O) groups excluding carboxylic acids is 1. The van der Waals surface area contributed by atoms with Crippen LogP contribution >= 0.6 is 23.1 Å². The minimum absolute atomic E-state index is 0.0164. The van der Waals surface area contributed by atoms with Crippen LogP contribution in [0.1, 0.15) is 34.5 Å². The van der Waals surface area contributed by atoms with Gasteiger partial charge in [0.25, 0.3) is 5.91 Å². The largest absolute Gasteiger partial charge is 0.349 e. The lowest BCUT2D eigenvalue weighted by molar-refractivity contribution is 0.0951. The monoisotopic (exact) mass is 336 g/mol. The number of carbonyl (C=O) groups is 1. The van der Waals surface area contributed by atoms with E-state index in [4.69, 9.17) is 11.6 Å². The van der Waals surface area contributed by atoms with Gasteiger partial charge in [0.1, 0.15) is 10.0 Å². The van der Waals surface area contributed by atoms with Gasteiger partial charge in [-0.05, 0) is 37.6 Å². The van der Waals surface area contributed by atoms with Crippen LogP contribution < -0.4 is 5.32 Å². The van der Waals surface area contributed by atoms with Gasteiger partial charge >= 0.3 is 0 Å². The first kappa shape index (κ1) is 15.4. The van der Waals surface area contributed by atoms with Gasteiger partial charge in [-0.1, -0.05) is 28.2 Å². The number of halogens is 1. The number of rotatable bonds is 6. The van der Waals surface area contributed by atoms with Crippen molar-refractivity contribution in [3.63, 3.8) is 0 Å². The van der Waals surface area contributed by atoms with E-state index >= 15 is 0 Å². The first-order valence-electron chi connectivity index (χ1n) is 7.17. The minimum Gasteiger partial charge on any atom is -0.349 e. The van der Waals surface area contributed by atoms with Crippen LogP contribution in [-0.2, 0) is 13.1 Å². The summed E-state index contributed by atoms with van der Waals surface area (Å²) in [7, 11) is 2.00. The fourth-order valence-corrected chi connectivity index (χ4v) is 2.78. The zero-order valence-corrected chi connectivity index (χ0v) is 13.8. The summed E-state index contributed by atoms with van der Waals surface area (Å²) in [5, 5.41) is 7.00. The van der Waals surface area contributed by atoms with Crippen molar-refractivity contribution in [2.24, 2.45) is 0 Å². The Morgan fingerprint density at radius 1 is 1.36 bits per heavy atom. The van der Waals surface area contributed by atoms with Gasteiger partial charge in [-0.15, -0.1) is 5.10 Å². The highest BCUT2D eigenvalue weighted by Crippen LogP contribution is 2.20. The molecule has 1 aliphatic carbocycles.